The first-order valence-electron chi connectivity index (χ1n) is 8.52. The zero-order valence-corrected chi connectivity index (χ0v) is 14.0. The zero-order chi connectivity index (χ0) is 15.7. The van der Waals surface area contributed by atoms with E-state index in [9.17, 15) is 4.79 Å². The summed E-state index contributed by atoms with van der Waals surface area (Å²) in [5.41, 5.74) is 1.18. The Morgan fingerprint density at radius 1 is 1.32 bits per heavy atom. The van der Waals surface area contributed by atoms with Crippen LogP contribution in [0.3, 0.4) is 0 Å². The number of nitrogens with one attached hydrogen (secondary N) is 1. The van der Waals surface area contributed by atoms with E-state index in [2.05, 4.69) is 17.3 Å². The minimum absolute atomic E-state index is 0.0496. The number of hydrogen-bond donors (Lipinski definition) is 1. The van der Waals surface area contributed by atoms with Crippen LogP contribution in [0.2, 0.25) is 0 Å². The normalized spacial score (nSPS) is 32.1. The molecule has 2 heterocycles. The Morgan fingerprint density at radius 2 is 2.05 bits per heavy atom. The van der Waals surface area contributed by atoms with E-state index < -0.39 is 0 Å². The van der Waals surface area contributed by atoms with Gasteiger partial charge in [0.1, 0.15) is 0 Å². The van der Waals surface area contributed by atoms with Gasteiger partial charge in [-0.2, -0.15) is 5.10 Å². The molecule has 1 aliphatic carbocycles. The molecule has 2 aliphatic rings. The third-order valence-corrected chi connectivity index (χ3v) is 5.57. The summed E-state index contributed by atoms with van der Waals surface area (Å²) >= 11 is 0. The number of rotatable bonds is 3. The SMILES string of the molecule is CC1CCC(N(C)C(=O)[C@H]2CNC[C@@H]2c2cnn(C)c2)CC1. The maximum Gasteiger partial charge on any atom is 0.227 e. The number of aromatic nitrogens is 2. The molecule has 5 nitrogen and oxygen atoms in total. The molecule has 1 amide bonds. The first kappa shape index (κ1) is 15.5. The molecule has 2 fully saturated rings. The van der Waals surface area contributed by atoms with Crippen molar-refractivity contribution < 1.29 is 4.79 Å². The Morgan fingerprint density at radius 3 is 2.68 bits per heavy atom. The van der Waals surface area contributed by atoms with Gasteiger partial charge in [0.25, 0.3) is 0 Å². The Kier molecular flexibility index (Phi) is 4.52. The van der Waals surface area contributed by atoms with E-state index in [0.717, 1.165) is 31.8 Å². The predicted molar refractivity (Wildman–Crippen MR) is 86.5 cm³/mol. The number of aryl methyl sites for hydroxylation is 1. The molecule has 0 spiro atoms. The quantitative estimate of drug-likeness (QED) is 0.926. The van der Waals surface area contributed by atoms with Gasteiger partial charge in [-0.25, -0.2) is 0 Å². The first-order valence-corrected chi connectivity index (χ1v) is 8.52. The Bertz CT molecular complexity index is 518. The van der Waals surface area contributed by atoms with Crippen LogP contribution in [0.4, 0.5) is 0 Å². The van der Waals surface area contributed by atoms with Crippen LogP contribution < -0.4 is 5.32 Å². The van der Waals surface area contributed by atoms with Gasteiger partial charge in [0, 0.05) is 45.3 Å². The van der Waals surface area contributed by atoms with Crippen molar-refractivity contribution in [2.24, 2.45) is 18.9 Å². The van der Waals surface area contributed by atoms with E-state index in [1.165, 1.54) is 18.4 Å². The second kappa shape index (κ2) is 6.41. The highest BCUT2D eigenvalue weighted by Gasteiger charge is 2.38. The molecule has 122 valence electrons. The molecule has 1 saturated carbocycles. The third kappa shape index (κ3) is 3.05. The maximum atomic E-state index is 13.0. The van der Waals surface area contributed by atoms with Gasteiger partial charge >= 0.3 is 0 Å². The summed E-state index contributed by atoms with van der Waals surface area (Å²) in [7, 11) is 3.93. The summed E-state index contributed by atoms with van der Waals surface area (Å²) in [5.74, 6) is 1.43. The average molecular weight is 304 g/mol. The number of nitrogens with zero attached hydrogens (tertiary/aromatic N) is 3. The van der Waals surface area contributed by atoms with Gasteiger partial charge in [0.2, 0.25) is 5.91 Å². The van der Waals surface area contributed by atoms with Crippen molar-refractivity contribution in [2.75, 3.05) is 20.1 Å². The topological polar surface area (TPSA) is 50.2 Å². The largest absolute Gasteiger partial charge is 0.342 e. The van der Waals surface area contributed by atoms with E-state index in [1.54, 1.807) is 0 Å². The van der Waals surface area contributed by atoms with Gasteiger partial charge in [-0.05, 0) is 37.2 Å². The van der Waals surface area contributed by atoms with Crippen LogP contribution >= 0.6 is 0 Å². The summed E-state index contributed by atoms with van der Waals surface area (Å²) in [5, 5.41) is 7.65. The van der Waals surface area contributed by atoms with Crippen molar-refractivity contribution in [3.63, 3.8) is 0 Å². The molecule has 1 aliphatic heterocycles. The molecule has 1 N–H and O–H groups in total. The molecule has 5 heteroatoms. The first-order chi connectivity index (χ1) is 10.6. The van der Waals surface area contributed by atoms with E-state index in [-0.39, 0.29) is 11.8 Å². The minimum Gasteiger partial charge on any atom is -0.342 e. The molecule has 1 aromatic heterocycles. The Labute approximate surface area is 133 Å². The second-order valence-corrected chi connectivity index (χ2v) is 7.18. The summed E-state index contributed by atoms with van der Waals surface area (Å²) < 4.78 is 1.82. The predicted octanol–water partition coefficient (Wildman–Crippen LogP) is 1.76. The molecule has 0 radical (unpaired) electrons. The molecule has 0 unspecified atom stereocenters. The van der Waals surface area contributed by atoms with Crippen molar-refractivity contribution in [3.8, 4) is 0 Å². The van der Waals surface area contributed by atoms with Crippen molar-refractivity contribution in [3.05, 3.63) is 18.0 Å². The van der Waals surface area contributed by atoms with Gasteiger partial charge in [-0.15, -0.1) is 0 Å². The van der Waals surface area contributed by atoms with Crippen molar-refractivity contribution >= 4 is 5.91 Å². The Balaban J connectivity index is 1.68. The fourth-order valence-electron chi connectivity index (χ4n) is 3.99. The lowest BCUT2D eigenvalue weighted by Crippen LogP contribution is -2.44. The average Bonchev–Trinajstić information content (AvgIpc) is 3.15. The van der Waals surface area contributed by atoms with Crippen LogP contribution in [-0.2, 0) is 11.8 Å². The minimum atomic E-state index is 0.0496. The summed E-state index contributed by atoms with van der Waals surface area (Å²) in [6.45, 7) is 3.97. The third-order valence-electron chi connectivity index (χ3n) is 5.57. The lowest BCUT2D eigenvalue weighted by Gasteiger charge is -2.35. The lowest BCUT2D eigenvalue weighted by molar-refractivity contribution is -0.136. The van der Waals surface area contributed by atoms with Crippen LogP contribution in [-0.4, -0.2) is 46.8 Å². The van der Waals surface area contributed by atoms with Crippen molar-refractivity contribution in [1.82, 2.24) is 20.0 Å². The number of hydrogen-bond acceptors (Lipinski definition) is 3. The number of carbonyl (C=O) groups excluding carboxylic acids is 1. The van der Waals surface area contributed by atoms with Crippen LogP contribution in [0.1, 0.15) is 44.1 Å². The smallest absolute Gasteiger partial charge is 0.227 e. The number of amides is 1. The van der Waals surface area contributed by atoms with Crippen LogP contribution in [0.5, 0.6) is 0 Å². The highest BCUT2D eigenvalue weighted by atomic mass is 16.2. The molecule has 0 bridgehead atoms. The fourth-order valence-corrected chi connectivity index (χ4v) is 3.99. The zero-order valence-electron chi connectivity index (χ0n) is 14.0. The summed E-state index contributed by atoms with van der Waals surface area (Å²) in [6, 6.07) is 0.429. The standard InChI is InChI=1S/C17H28N4O/c1-12-4-6-14(7-5-12)21(3)17(22)16-10-18-9-15(16)13-8-19-20(2)11-13/h8,11-12,14-16,18H,4-7,9-10H2,1-3H3/t12?,14?,15-,16+/m1/s1. The van der Waals surface area contributed by atoms with Gasteiger partial charge in [-0.3, -0.25) is 9.48 Å². The van der Waals surface area contributed by atoms with E-state index in [4.69, 9.17) is 0 Å². The van der Waals surface area contributed by atoms with E-state index >= 15 is 0 Å². The Hall–Kier alpha value is -1.36. The van der Waals surface area contributed by atoms with Gasteiger partial charge in [0.15, 0.2) is 0 Å². The highest BCUT2D eigenvalue weighted by Crippen LogP contribution is 2.32. The van der Waals surface area contributed by atoms with Crippen LogP contribution in [0, 0.1) is 11.8 Å². The van der Waals surface area contributed by atoms with Crippen LogP contribution in [0.15, 0.2) is 12.4 Å². The van der Waals surface area contributed by atoms with Crippen molar-refractivity contribution in [1.29, 1.82) is 0 Å². The fraction of sp³-hybridized carbons (Fsp3) is 0.765. The van der Waals surface area contributed by atoms with E-state index in [0.29, 0.717) is 11.9 Å². The second-order valence-electron chi connectivity index (χ2n) is 7.18. The highest BCUT2D eigenvalue weighted by molar-refractivity contribution is 5.80. The summed E-state index contributed by atoms with van der Waals surface area (Å²) in [6.07, 6.45) is 8.75. The molecule has 0 aromatic carbocycles. The molecule has 2 atom stereocenters. The monoisotopic (exact) mass is 304 g/mol. The van der Waals surface area contributed by atoms with E-state index in [1.807, 2.05) is 36.1 Å². The van der Waals surface area contributed by atoms with Gasteiger partial charge in [0.05, 0.1) is 12.1 Å². The van der Waals surface area contributed by atoms with Gasteiger partial charge < -0.3 is 10.2 Å². The van der Waals surface area contributed by atoms with Gasteiger partial charge in [-0.1, -0.05) is 6.92 Å². The molecule has 1 aromatic rings. The maximum absolute atomic E-state index is 13.0. The molecule has 22 heavy (non-hydrogen) atoms. The van der Waals surface area contributed by atoms with Crippen LogP contribution in [0.25, 0.3) is 0 Å². The van der Waals surface area contributed by atoms with Crippen molar-refractivity contribution in [2.45, 2.75) is 44.6 Å². The number of carbonyl (C=O) groups is 1. The summed E-state index contributed by atoms with van der Waals surface area (Å²) in [4.78, 5) is 15.0. The molecular weight excluding hydrogens is 276 g/mol. The molecule has 1 saturated heterocycles. The molecule has 3 rings (SSSR count). The molecular formula is C17H28N4O. The lowest BCUT2D eigenvalue weighted by atomic mass is 9.85.